The third-order valence-electron chi connectivity index (χ3n) is 4.67. The van der Waals surface area contributed by atoms with Gasteiger partial charge in [-0.3, -0.25) is 9.78 Å². The number of thioether (sulfide) groups is 1. The highest BCUT2D eigenvalue weighted by Crippen LogP contribution is 2.46. The molecule has 30 heavy (non-hydrogen) atoms. The average molecular weight is 460 g/mol. The summed E-state index contributed by atoms with van der Waals surface area (Å²) >= 11 is 3.54. The molecule has 2 aromatic heterocycles. The molecule has 162 valence electrons. The summed E-state index contributed by atoms with van der Waals surface area (Å²) in [7, 11) is 0. The first-order valence-corrected chi connectivity index (χ1v) is 10.9. The van der Waals surface area contributed by atoms with Crippen molar-refractivity contribution in [3.05, 3.63) is 52.5 Å². The van der Waals surface area contributed by atoms with Crippen molar-refractivity contribution in [1.29, 1.82) is 0 Å². The number of alkyl halides is 3. The number of carbonyl (C=O) groups excluding carboxylic acids is 1. The first-order valence-electron chi connectivity index (χ1n) is 8.95. The molecule has 1 unspecified atom stereocenters. The van der Waals surface area contributed by atoms with E-state index in [2.05, 4.69) is 4.98 Å². The predicted molar refractivity (Wildman–Crippen MR) is 107 cm³/mol. The van der Waals surface area contributed by atoms with Crippen LogP contribution in [0, 0.1) is 0 Å². The Morgan fingerprint density at radius 3 is 2.50 bits per heavy atom. The number of likely N-dealkylation sites (tertiary alicyclic amines) is 1. The molecule has 0 bridgehead atoms. The topological polar surface area (TPSA) is 79.7 Å². The number of pyridine rings is 1. The number of ether oxygens (including phenoxy) is 1. The number of carbonyl (C=O) groups is 2. The highest BCUT2D eigenvalue weighted by Gasteiger charge is 2.51. The minimum Gasteiger partial charge on any atom is -0.475 e. The lowest BCUT2D eigenvalue weighted by Crippen LogP contribution is -2.60. The number of carboxylic acid groups (broad SMARTS) is 1. The number of rotatable bonds is 4. The van der Waals surface area contributed by atoms with E-state index in [1.807, 2.05) is 45.6 Å². The Balaban J connectivity index is 0.000000318. The van der Waals surface area contributed by atoms with Crippen LogP contribution < -0.4 is 0 Å². The number of halogens is 3. The van der Waals surface area contributed by atoms with Gasteiger partial charge in [-0.25, -0.2) is 4.79 Å². The number of thiophene rings is 1. The Morgan fingerprint density at radius 1 is 1.27 bits per heavy atom. The van der Waals surface area contributed by atoms with Crippen molar-refractivity contribution in [2.75, 3.05) is 18.8 Å². The van der Waals surface area contributed by atoms with Crippen molar-refractivity contribution in [1.82, 2.24) is 9.88 Å². The Morgan fingerprint density at radius 2 is 1.93 bits per heavy atom. The van der Waals surface area contributed by atoms with Crippen molar-refractivity contribution in [3.63, 3.8) is 0 Å². The van der Waals surface area contributed by atoms with Gasteiger partial charge in [-0.15, -0.1) is 11.8 Å². The van der Waals surface area contributed by atoms with Crippen LogP contribution in [0.15, 0.2) is 41.4 Å². The zero-order chi connectivity index (χ0) is 21.8. The lowest BCUT2D eigenvalue weighted by atomic mass is 9.92. The fourth-order valence-corrected chi connectivity index (χ4v) is 5.37. The van der Waals surface area contributed by atoms with E-state index >= 15 is 0 Å². The quantitative estimate of drug-likeness (QED) is 0.750. The van der Waals surface area contributed by atoms with E-state index < -0.39 is 12.1 Å². The molecule has 1 amide bonds. The number of nitrogens with zero attached hydrogens (tertiary/aromatic N) is 2. The number of carboxylic acids is 1. The van der Waals surface area contributed by atoms with Gasteiger partial charge in [0, 0.05) is 36.6 Å². The molecule has 11 heteroatoms. The molecular weight excluding hydrogens is 441 g/mol. The second-order valence-corrected chi connectivity index (χ2v) is 9.23. The van der Waals surface area contributed by atoms with Crippen LogP contribution in [-0.4, -0.2) is 62.7 Å². The van der Waals surface area contributed by atoms with Crippen LogP contribution in [0.5, 0.6) is 0 Å². The monoisotopic (exact) mass is 460 g/mol. The van der Waals surface area contributed by atoms with Gasteiger partial charge >= 0.3 is 12.1 Å². The van der Waals surface area contributed by atoms with E-state index in [-0.39, 0.29) is 16.8 Å². The first-order chi connectivity index (χ1) is 14.2. The van der Waals surface area contributed by atoms with Gasteiger partial charge in [0.05, 0.1) is 23.0 Å². The van der Waals surface area contributed by atoms with Crippen LogP contribution >= 0.6 is 23.1 Å². The summed E-state index contributed by atoms with van der Waals surface area (Å²) in [5, 5.41) is 11.0. The highest BCUT2D eigenvalue weighted by atomic mass is 32.2. The molecule has 0 saturated carbocycles. The minimum atomic E-state index is -5.08. The minimum absolute atomic E-state index is 0.165. The molecule has 1 spiro atoms. The Bertz CT molecular complexity index is 856. The molecule has 2 fully saturated rings. The van der Waals surface area contributed by atoms with Crippen molar-refractivity contribution < 1.29 is 32.6 Å². The van der Waals surface area contributed by atoms with Crippen molar-refractivity contribution in [3.8, 4) is 0 Å². The van der Waals surface area contributed by atoms with Crippen LogP contribution in [0.3, 0.4) is 0 Å². The van der Waals surface area contributed by atoms with E-state index in [0.717, 1.165) is 36.4 Å². The molecule has 0 radical (unpaired) electrons. The molecule has 2 aromatic rings. The normalized spacial score (nSPS) is 19.7. The van der Waals surface area contributed by atoms with E-state index in [1.165, 1.54) is 0 Å². The van der Waals surface area contributed by atoms with Crippen LogP contribution in [-0.2, 0) is 16.1 Å². The van der Waals surface area contributed by atoms with Crippen molar-refractivity contribution in [2.24, 2.45) is 0 Å². The number of amides is 1. The molecule has 4 heterocycles. The summed E-state index contributed by atoms with van der Waals surface area (Å²) in [6.07, 6.45) is -0.171. The van der Waals surface area contributed by atoms with Crippen molar-refractivity contribution in [2.45, 2.75) is 30.1 Å². The third kappa shape index (κ3) is 5.73. The molecule has 2 aliphatic rings. The largest absolute Gasteiger partial charge is 0.490 e. The first kappa shape index (κ1) is 22.6. The van der Waals surface area contributed by atoms with Gasteiger partial charge in [0.25, 0.3) is 5.91 Å². The summed E-state index contributed by atoms with van der Waals surface area (Å²) < 4.78 is 38.0. The number of hydrogen-bond acceptors (Lipinski definition) is 6. The summed E-state index contributed by atoms with van der Waals surface area (Å²) in [5.74, 6) is -1.57. The van der Waals surface area contributed by atoms with E-state index in [4.69, 9.17) is 14.6 Å². The zero-order valence-electron chi connectivity index (χ0n) is 15.7. The fourth-order valence-electron chi connectivity index (χ4n) is 3.18. The Kier molecular flexibility index (Phi) is 7.04. The van der Waals surface area contributed by atoms with E-state index in [0.29, 0.717) is 6.61 Å². The maximum absolute atomic E-state index is 12.3. The molecule has 2 aliphatic heterocycles. The van der Waals surface area contributed by atoms with Crippen molar-refractivity contribution >= 4 is 35.0 Å². The molecule has 2 saturated heterocycles. The van der Waals surface area contributed by atoms with Gasteiger partial charge in [0.1, 0.15) is 0 Å². The number of aromatic nitrogens is 1. The Labute approximate surface area is 179 Å². The summed E-state index contributed by atoms with van der Waals surface area (Å²) in [4.78, 5) is 27.2. The lowest BCUT2D eigenvalue weighted by Gasteiger charge is -2.47. The van der Waals surface area contributed by atoms with Crippen LogP contribution in [0.4, 0.5) is 13.2 Å². The number of aliphatic carboxylic acids is 1. The second-order valence-electron chi connectivity index (χ2n) is 6.96. The van der Waals surface area contributed by atoms with E-state index in [1.54, 1.807) is 23.7 Å². The molecule has 6 nitrogen and oxygen atoms in total. The SMILES string of the molecule is O=C(O)C(F)(F)F.O=C(c1ccsc1)N1CC2(CC(OCc3ccncc3)CS2)C1. The second kappa shape index (κ2) is 9.36. The van der Waals surface area contributed by atoms with Crippen LogP contribution in [0.1, 0.15) is 22.3 Å². The highest BCUT2D eigenvalue weighted by molar-refractivity contribution is 8.01. The molecule has 0 aromatic carbocycles. The number of hydrogen-bond donors (Lipinski definition) is 1. The van der Waals surface area contributed by atoms with Gasteiger partial charge in [-0.05, 0) is 35.6 Å². The average Bonchev–Trinajstić information content (AvgIpc) is 3.35. The molecule has 1 N–H and O–H groups in total. The molecule has 4 rings (SSSR count). The molecule has 1 atom stereocenters. The van der Waals surface area contributed by atoms with Gasteiger partial charge in [0.2, 0.25) is 0 Å². The van der Waals surface area contributed by atoms with E-state index in [9.17, 15) is 18.0 Å². The smallest absolute Gasteiger partial charge is 0.475 e. The maximum atomic E-state index is 12.3. The summed E-state index contributed by atoms with van der Waals surface area (Å²) in [6, 6.07) is 5.88. The third-order valence-corrected chi connectivity index (χ3v) is 6.92. The zero-order valence-corrected chi connectivity index (χ0v) is 17.3. The summed E-state index contributed by atoms with van der Waals surface area (Å²) in [6.45, 7) is 2.34. The standard InChI is InChI=1S/C17H18N2O2S2.C2HF3O2/c20-16(14-3-6-22-9-14)19-11-17(12-19)7-15(10-23-17)21-8-13-1-4-18-5-2-13;3-2(4,5)1(6)7/h1-6,9,15H,7-8,10-12H2;(H,6,7). The van der Waals surface area contributed by atoms with Gasteiger partial charge < -0.3 is 14.7 Å². The fraction of sp³-hybridized carbons (Fsp3) is 0.421. The molecule has 0 aliphatic carbocycles. The van der Waals surface area contributed by atoms with Crippen LogP contribution in [0.25, 0.3) is 0 Å². The van der Waals surface area contributed by atoms with Crippen LogP contribution in [0.2, 0.25) is 0 Å². The van der Waals surface area contributed by atoms with Gasteiger partial charge in [0.15, 0.2) is 0 Å². The van der Waals surface area contributed by atoms with Gasteiger partial charge in [-0.2, -0.15) is 24.5 Å². The van der Waals surface area contributed by atoms with Gasteiger partial charge in [-0.1, -0.05) is 0 Å². The summed E-state index contributed by atoms with van der Waals surface area (Å²) in [5.41, 5.74) is 1.98. The Hall–Kier alpha value is -2.11. The lowest BCUT2D eigenvalue weighted by molar-refractivity contribution is -0.192. The molecular formula is C19H19F3N2O4S2. The maximum Gasteiger partial charge on any atom is 0.490 e. The predicted octanol–water partition coefficient (Wildman–Crippen LogP) is 3.69.